The topological polar surface area (TPSA) is 76.0 Å². The molecule has 1 aromatic carbocycles. The number of aryl methyl sites for hydroxylation is 2. The number of nitrogens with zero attached hydrogens (tertiary/aromatic N) is 2. The second kappa shape index (κ2) is 7.78. The summed E-state index contributed by atoms with van der Waals surface area (Å²) in [7, 11) is 0. The summed E-state index contributed by atoms with van der Waals surface area (Å²) in [4.78, 5) is 30.3. The van der Waals surface area contributed by atoms with Crippen molar-refractivity contribution in [1.29, 1.82) is 0 Å². The lowest BCUT2D eigenvalue weighted by Gasteiger charge is -2.17. The lowest BCUT2D eigenvalue weighted by atomic mass is 10.1. The SMILES string of the molecule is Cc1ccc(NC(=O)c2nc(C(=O)NC3CCCC3)c3n2CCCC3)cc1C. The second-order valence-corrected chi connectivity index (χ2v) is 8.05. The van der Waals surface area contributed by atoms with E-state index in [1.54, 1.807) is 0 Å². The standard InChI is InChI=1S/C22H28N4O2/c1-14-10-11-17(13-15(14)2)24-22(28)20-25-19(18-9-5-6-12-26(18)20)21(27)23-16-7-3-4-8-16/h10-11,13,16H,3-9,12H2,1-2H3,(H,23,27)(H,24,28). The van der Waals surface area contributed by atoms with Crippen LogP contribution >= 0.6 is 0 Å². The predicted molar refractivity (Wildman–Crippen MR) is 109 cm³/mol. The van der Waals surface area contributed by atoms with Gasteiger partial charge in [0.1, 0.15) is 5.69 Å². The normalized spacial score (nSPS) is 16.6. The van der Waals surface area contributed by atoms with E-state index < -0.39 is 0 Å². The molecule has 28 heavy (non-hydrogen) atoms. The van der Waals surface area contributed by atoms with Gasteiger partial charge in [0, 0.05) is 18.3 Å². The van der Waals surface area contributed by atoms with Crippen molar-refractivity contribution in [2.75, 3.05) is 5.32 Å². The largest absolute Gasteiger partial charge is 0.348 e. The van der Waals surface area contributed by atoms with Crippen LogP contribution in [0.3, 0.4) is 0 Å². The van der Waals surface area contributed by atoms with E-state index in [9.17, 15) is 9.59 Å². The van der Waals surface area contributed by atoms with Gasteiger partial charge in [0.25, 0.3) is 11.8 Å². The van der Waals surface area contributed by atoms with Crippen molar-refractivity contribution in [2.24, 2.45) is 0 Å². The van der Waals surface area contributed by atoms with Crippen molar-refractivity contribution in [1.82, 2.24) is 14.9 Å². The smallest absolute Gasteiger partial charge is 0.291 e. The van der Waals surface area contributed by atoms with E-state index in [1.807, 2.05) is 36.6 Å². The summed E-state index contributed by atoms with van der Waals surface area (Å²) in [5, 5.41) is 6.06. The van der Waals surface area contributed by atoms with Crippen LogP contribution in [0.4, 0.5) is 5.69 Å². The number of nitrogens with one attached hydrogen (secondary N) is 2. The minimum atomic E-state index is -0.258. The molecule has 2 N–H and O–H groups in total. The molecule has 1 aromatic heterocycles. The molecule has 0 atom stereocenters. The molecule has 0 unspecified atom stereocenters. The van der Waals surface area contributed by atoms with E-state index in [-0.39, 0.29) is 17.9 Å². The van der Waals surface area contributed by atoms with Crippen LogP contribution in [-0.2, 0) is 13.0 Å². The molecule has 148 valence electrons. The van der Waals surface area contributed by atoms with Gasteiger partial charge >= 0.3 is 0 Å². The summed E-state index contributed by atoms with van der Waals surface area (Å²) in [5.41, 5.74) is 4.38. The van der Waals surface area contributed by atoms with Crippen molar-refractivity contribution in [3.05, 3.63) is 46.5 Å². The van der Waals surface area contributed by atoms with E-state index >= 15 is 0 Å². The maximum absolute atomic E-state index is 12.9. The van der Waals surface area contributed by atoms with E-state index in [4.69, 9.17) is 0 Å². The van der Waals surface area contributed by atoms with Crippen molar-refractivity contribution >= 4 is 17.5 Å². The van der Waals surface area contributed by atoms with E-state index in [0.29, 0.717) is 11.5 Å². The van der Waals surface area contributed by atoms with Gasteiger partial charge in [0.15, 0.2) is 5.82 Å². The summed E-state index contributed by atoms with van der Waals surface area (Å²) in [5.74, 6) is -0.0569. The monoisotopic (exact) mass is 380 g/mol. The number of amides is 2. The van der Waals surface area contributed by atoms with Crippen LogP contribution in [0.1, 0.15) is 76.5 Å². The van der Waals surface area contributed by atoms with Crippen molar-refractivity contribution in [3.8, 4) is 0 Å². The van der Waals surface area contributed by atoms with Gasteiger partial charge in [-0.3, -0.25) is 9.59 Å². The lowest BCUT2D eigenvalue weighted by molar-refractivity contribution is 0.0931. The molecule has 0 bridgehead atoms. The van der Waals surface area contributed by atoms with E-state index in [1.165, 1.54) is 5.56 Å². The number of carbonyl (C=O) groups excluding carboxylic acids is 2. The Morgan fingerprint density at radius 3 is 2.57 bits per heavy atom. The summed E-state index contributed by atoms with van der Waals surface area (Å²) in [6.07, 6.45) is 7.19. The van der Waals surface area contributed by atoms with Crippen LogP contribution in [0.15, 0.2) is 18.2 Å². The number of hydrogen-bond donors (Lipinski definition) is 2. The number of aromatic nitrogens is 2. The zero-order chi connectivity index (χ0) is 19.7. The number of imidazole rings is 1. The number of fused-ring (bicyclic) bond motifs is 1. The van der Waals surface area contributed by atoms with Gasteiger partial charge in [-0.2, -0.15) is 0 Å². The molecular weight excluding hydrogens is 352 g/mol. The van der Waals surface area contributed by atoms with Crippen molar-refractivity contribution < 1.29 is 9.59 Å². The molecule has 1 aliphatic heterocycles. The highest BCUT2D eigenvalue weighted by molar-refractivity contribution is 6.03. The lowest BCUT2D eigenvalue weighted by Crippen LogP contribution is -2.33. The molecule has 4 rings (SSSR count). The Labute approximate surface area is 165 Å². The van der Waals surface area contributed by atoms with Crippen LogP contribution < -0.4 is 10.6 Å². The van der Waals surface area contributed by atoms with E-state index in [2.05, 4.69) is 15.6 Å². The number of rotatable bonds is 4. The molecule has 1 fully saturated rings. The quantitative estimate of drug-likeness (QED) is 0.848. The van der Waals surface area contributed by atoms with Crippen molar-refractivity contribution in [3.63, 3.8) is 0 Å². The minimum absolute atomic E-state index is 0.136. The molecule has 1 aliphatic carbocycles. The van der Waals surface area contributed by atoms with Gasteiger partial charge in [-0.25, -0.2) is 4.98 Å². The zero-order valence-corrected chi connectivity index (χ0v) is 16.7. The molecule has 1 saturated carbocycles. The van der Waals surface area contributed by atoms with Gasteiger partial charge < -0.3 is 15.2 Å². The first-order valence-electron chi connectivity index (χ1n) is 10.3. The maximum atomic E-state index is 12.9. The minimum Gasteiger partial charge on any atom is -0.348 e. The van der Waals surface area contributed by atoms with Crippen LogP contribution in [0.5, 0.6) is 0 Å². The van der Waals surface area contributed by atoms with Crippen LogP contribution in [0.2, 0.25) is 0 Å². The molecule has 0 spiro atoms. The molecule has 2 amide bonds. The Balaban J connectivity index is 1.59. The summed E-state index contributed by atoms with van der Waals surface area (Å²) >= 11 is 0. The number of carbonyl (C=O) groups is 2. The third-order valence-corrected chi connectivity index (χ3v) is 5.99. The first-order valence-corrected chi connectivity index (χ1v) is 10.3. The van der Waals surface area contributed by atoms with Gasteiger partial charge in [-0.1, -0.05) is 18.9 Å². The van der Waals surface area contributed by atoms with E-state index in [0.717, 1.165) is 68.4 Å². The Kier molecular flexibility index (Phi) is 5.20. The highest BCUT2D eigenvalue weighted by atomic mass is 16.2. The fourth-order valence-corrected chi connectivity index (χ4v) is 4.23. The Bertz CT molecular complexity index is 910. The summed E-state index contributed by atoms with van der Waals surface area (Å²) in [6.45, 7) is 4.80. The first kappa shape index (κ1) is 18.7. The molecule has 2 heterocycles. The summed E-state index contributed by atoms with van der Waals surface area (Å²) < 4.78 is 1.93. The van der Waals surface area contributed by atoms with Crippen LogP contribution in [-0.4, -0.2) is 27.4 Å². The number of benzene rings is 1. The average Bonchev–Trinajstić information content (AvgIpc) is 3.32. The zero-order valence-electron chi connectivity index (χ0n) is 16.7. The fourth-order valence-electron chi connectivity index (χ4n) is 4.23. The maximum Gasteiger partial charge on any atom is 0.291 e. The summed E-state index contributed by atoms with van der Waals surface area (Å²) in [6, 6.07) is 6.09. The van der Waals surface area contributed by atoms with Gasteiger partial charge in [-0.15, -0.1) is 0 Å². The van der Waals surface area contributed by atoms with Crippen LogP contribution in [0, 0.1) is 13.8 Å². The Morgan fingerprint density at radius 1 is 1.04 bits per heavy atom. The van der Waals surface area contributed by atoms with Crippen molar-refractivity contribution in [2.45, 2.75) is 71.4 Å². The van der Waals surface area contributed by atoms with Gasteiger partial charge in [0.2, 0.25) is 0 Å². The molecule has 0 saturated heterocycles. The molecule has 0 radical (unpaired) electrons. The highest BCUT2D eigenvalue weighted by Crippen LogP contribution is 2.24. The molecule has 2 aromatic rings. The first-order chi connectivity index (χ1) is 13.5. The average molecular weight is 380 g/mol. The third kappa shape index (κ3) is 3.68. The predicted octanol–water partition coefficient (Wildman–Crippen LogP) is 3.76. The third-order valence-electron chi connectivity index (χ3n) is 5.99. The molecule has 6 nitrogen and oxygen atoms in total. The number of anilines is 1. The fraction of sp³-hybridized carbons (Fsp3) is 0.500. The number of hydrogen-bond acceptors (Lipinski definition) is 3. The molecular formula is C22H28N4O2. The molecule has 6 heteroatoms. The van der Waals surface area contributed by atoms with Gasteiger partial charge in [-0.05, 0) is 69.2 Å². The van der Waals surface area contributed by atoms with Crippen LogP contribution in [0.25, 0.3) is 0 Å². The second-order valence-electron chi connectivity index (χ2n) is 8.05. The van der Waals surface area contributed by atoms with Gasteiger partial charge in [0.05, 0.1) is 5.69 Å². The Morgan fingerprint density at radius 2 is 1.82 bits per heavy atom. The Hall–Kier alpha value is -2.63. The highest BCUT2D eigenvalue weighted by Gasteiger charge is 2.29. The molecule has 2 aliphatic rings.